The smallest absolute Gasteiger partial charge is 0.262 e. The number of nitrogens with zero attached hydrogens (tertiary/aromatic N) is 1. The van der Waals surface area contributed by atoms with Crippen molar-refractivity contribution in [2.45, 2.75) is 18.7 Å². The molecule has 3 nitrogen and oxygen atoms in total. The molecule has 0 radical (unpaired) electrons. The molecule has 0 spiro atoms. The van der Waals surface area contributed by atoms with Gasteiger partial charge in [-0.05, 0) is 49.9 Å². The molecule has 0 fully saturated rings. The fourth-order valence-electron chi connectivity index (χ4n) is 2.63. The van der Waals surface area contributed by atoms with Gasteiger partial charge in [0.25, 0.3) is 5.56 Å². The number of benzene rings is 1. The van der Waals surface area contributed by atoms with Crippen LogP contribution in [0.15, 0.2) is 30.8 Å². The lowest BCUT2D eigenvalue weighted by molar-refractivity contribution is 0.615. The van der Waals surface area contributed by atoms with Gasteiger partial charge in [0.1, 0.15) is 0 Å². The molecule has 0 unspecified atom stereocenters. The van der Waals surface area contributed by atoms with E-state index in [1.54, 1.807) is 0 Å². The van der Waals surface area contributed by atoms with E-state index in [4.69, 9.17) is 0 Å². The first-order chi connectivity index (χ1) is 9.97. The SMILES string of the molecule is CC(C)CN1CCSc2c1cc1[nH]c(=O)c(Br)cc1c2Br. The third kappa shape index (κ3) is 2.90. The normalized spacial score (nSPS) is 14.8. The van der Waals surface area contributed by atoms with Gasteiger partial charge in [-0.3, -0.25) is 4.79 Å². The lowest BCUT2D eigenvalue weighted by atomic mass is 10.1. The maximum atomic E-state index is 11.8. The topological polar surface area (TPSA) is 36.1 Å². The summed E-state index contributed by atoms with van der Waals surface area (Å²) in [4.78, 5) is 18.5. The number of hydrogen-bond acceptors (Lipinski definition) is 3. The maximum absolute atomic E-state index is 11.8. The first-order valence-electron chi connectivity index (χ1n) is 6.90. The number of aromatic nitrogens is 1. The Morgan fingerprint density at radius 2 is 2.14 bits per heavy atom. The van der Waals surface area contributed by atoms with Crippen LogP contribution in [-0.4, -0.2) is 23.8 Å². The van der Waals surface area contributed by atoms with Gasteiger partial charge in [0.15, 0.2) is 0 Å². The fraction of sp³-hybridized carbons (Fsp3) is 0.400. The average Bonchev–Trinajstić information content (AvgIpc) is 2.42. The summed E-state index contributed by atoms with van der Waals surface area (Å²) >= 11 is 8.91. The number of hydrogen-bond donors (Lipinski definition) is 1. The van der Waals surface area contributed by atoms with Crippen LogP contribution >= 0.6 is 43.6 Å². The van der Waals surface area contributed by atoms with Crippen LogP contribution in [0.3, 0.4) is 0 Å². The van der Waals surface area contributed by atoms with Crippen molar-refractivity contribution < 1.29 is 0 Å². The predicted octanol–water partition coefficient (Wildman–Crippen LogP) is 4.62. The second kappa shape index (κ2) is 5.97. The van der Waals surface area contributed by atoms with E-state index in [1.165, 1.54) is 10.6 Å². The van der Waals surface area contributed by atoms with Crippen molar-refractivity contribution in [3.8, 4) is 0 Å². The minimum absolute atomic E-state index is 0.0896. The molecule has 21 heavy (non-hydrogen) atoms. The molecule has 1 aromatic heterocycles. The molecule has 0 saturated heterocycles. The van der Waals surface area contributed by atoms with Crippen molar-refractivity contribution in [1.82, 2.24) is 4.98 Å². The number of rotatable bonds is 2. The monoisotopic (exact) mass is 430 g/mol. The van der Waals surface area contributed by atoms with E-state index < -0.39 is 0 Å². The zero-order valence-corrected chi connectivity index (χ0v) is 15.9. The Morgan fingerprint density at radius 3 is 2.86 bits per heavy atom. The van der Waals surface area contributed by atoms with E-state index in [0.29, 0.717) is 10.4 Å². The molecule has 1 aliphatic rings. The Balaban J connectivity index is 2.22. The highest BCUT2D eigenvalue weighted by molar-refractivity contribution is 9.11. The van der Waals surface area contributed by atoms with E-state index in [9.17, 15) is 4.79 Å². The molecule has 0 atom stereocenters. The predicted molar refractivity (Wildman–Crippen MR) is 97.7 cm³/mol. The van der Waals surface area contributed by atoms with Crippen molar-refractivity contribution in [2.24, 2.45) is 5.92 Å². The van der Waals surface area contributed by atoms with Crippen molar-refractivity contribution in [1.29, 1.82) is 0 Å². The largest absolute Gasteiger partial charge is 0.369 e. The lowest BCUT2D eigenvalue weighted by Gasteiger charge is -2.33. The summed E-state index contributed by atoms with van der Waals surface area (Å²) in [5, 5.41) is 1.04. The van der Waals surface area contributed by atoms with E-state index in [0.717, 1.165) is 34.2 Å². The highest BCUT2D eigenvalue weighted by Crippen LogP contribution is 2.44. The quantitative estimate of drug-likeness (QED) is 0.753. The molecule has 1 N–H and O–H groups in total. The van der Waals surface area contributed by atoms with Gasteiger partial charge < -0.3 is 9.88 Å². The molecular formula is C15H16Br2N2OS. The van der Waals surface area contributed by atoms with Gasteiger partial charge >= 0.3 is 0 Å². The second-order valence-corrected chi connectivity index (χ2v) is 8.39. The summed E-state index contributed by atoms with van der Waals surface area (Å²) in [6.45, 7) is 6.55. The number of thioether (sulfide) groups is 1. The van der Waals surface area contributed by atoms with Gasteiger partial charge in [-0.1, -0.05) is 13.8 Å². The van der Waals surface area contributed by atoms with Gasteiger partial charge in [0.05, 0.1) is 15.7 Å². The summed E-state index contributed by atoms with van der Waals surface area (Å²) in [6.07, 6.45) is 0. The van der Waals surface area contributed by atoms with Gasteiger partial charge in [-0.25, -0.2) is 0 Å². The van der Waals surface area contributed by atoms with E-state index >= 15 is 0 Å². The Morgan fingerprint density at radius 1 is 1.38 bits per heavy atom. The highest BCUT2D eigenvalue weighted by Gasteiger charge is 2.22. The molecule has 2 aromatic rings. The Kier molecular flexibility index (Phi) is 4.39. The summed E-state index contributed by atoms with van der Waals surface area (Å²) in [5.74, 6) is 1.70. The van der Waals surface area contributed by atoms with E-state index in [-0.39, 0.29) is 5.56 Å². The molecule has 6 heteroatoms. The molecular weight excluding hydrogens is 416 g/mol. The minimum atomic E-state index is -0.0896. The molecule has 0 amide bonds. The van der Waals surface area contributed by atoms with Gasteiger partial charge in [0, 0.05) is 33.6 Å². The molecule has 112 valence electrons. The summed E-state index contributed by atoms with van der Waals surface area (Å²) < 4.78 is 1.64. The van der Waals surface area contributed by atoms with E-state index in [1.807, 2.05) is 17.8 Å². The molecule has 1 aromatic carbocycles. The number of fused-ring (bicyclic) bond motifs is 2. The van der Waals surface area contributed by atoms with Gasteiger partial charge in [-0.2, -0.15) is 0 Å². The van der Waals surface area contributed by atoms with Crippen molar-refractivity contribution >= 4 is 60.2 Å². The van der Waals surface area contributed by atoms with Crippen LogP contribution in [0.5, 0.6) is 0 Å². The van der Waals surface area contributed by atoms with Crippen LogP contribution < -0.4 is 10.5 Å². The van der Waals surface area contributed by atoms with Crippen LogP contribution in [0.2, 0.25) is 0 Å². The van der Waals surface area contributed by atoms with Crippen molar-refractivity contribution in [3.63, 3.8) is 0 Å². The summed E-state index contributed by atoms with van der Waals surface area (Å²) in [7, 11) is 0. The zero-order valence-electron chi connectivity index (χ0n) is 11.9. The second-order valence-electron chi connectivity index (χ2n) is 5.63. The zero-order chi connectivity index (χ0) is 15.1. The number of halogens is 2. The summed E-state index contributed by atoms with van der Waals surface area (Å²) in [6, 6.07) is 4.00. The standard InChI is InChI=1S/C15H16Br2N2OS/c1-8(2)7-19-3-4-21-14-12(19)6-11-9(13(14)17)5-10(16)15(20)18-11/h5-6,8H,3-4,7H2,1-2H3,(H,18,20). The Labute approximate surface area is 144 Å². The van der Waals surface area contributed by atoms with Gasteiger partial charge in [-0.15, -0.1) is 11.8 Å². The third-order valence-corrected chi connectivity index (χ3v) is 6.27. The minimum Gasteiger partial charge on any atom is -0.369 e. The average molecular weight is 432 g/mol. The van der Waals surface area contributed by atoms with Crippen molar-refractivity contribution in [3.05, 3.63) is 31.4 Å². The summed E-state index contributed by atoms with van der Waals surface area (Å²) in [5.41, 5.74) is 2.01. The molecule has 0 aliphatic carbocycles. The molecule has 0 bridgehead atoms. The number of H-pyrrole nitrogens is 1. The first kappa shape index (κ1) is 15.4. The Bertz CT molecular complexity index is 757. The number of nitrogens with one attached hydrogen (secondary N) is 1. The van der Waals surface area contributed by atoms with Crippen LogP contribution in [0.4, 0.5) is 5.69 Å². The number of aromatic amines is 1. The van der Waals surface area contributed by atoms with Crippen LogP contribution in [-0.2, 0) is 0 Å². The van der Waals surface area contributed by atoms with Crippen molar-refractivity contribution in [2.75, 3.05) is 23.7 Å². The van der Waals surface area contributed by atoms with E-state index in [2.05, 4.69) is 61.7 Å². The number of anilines is 1. The first-order valence-corrected chi connectivity index (χ1v) is 9.47. The molecule has 2 heterocycles. The fourth-order valence-corrected chi connectivity index (χ4v) is 4.92. The molecule has 1 aliphatic heterocycles. The molecule has 3 rings (SSSR count). The third-order valence-electron chi connectivity index (χ3n) is 3.51. The maximum Gasteiger partial charge on any atom is 0.262 e. The Hall–Kier alpha value is -0.460. The highest BCUT2D eigenvalue weighted by atomic mass is 79.9. The lowest BCUT2D eigenvalue weighted by Crippen LogP contribution is -2.32. The van der Waals surface area contributed by atoms with Crippen LogP contribution in [0.25, 0.3) is 10.9 Å². The van der Waals surface area contributed by atoms with Crippen LogP contribution in [0.1, 0.15) is 13.8 Å². The van der Waals surface area contributed by atoms with Crippen LogP contribution in [0, 0.1) is 5.92 Å². The van der Waals surface area contributed by atoms with Gasteiger partial charge in [0.2, 0.25) is 0 Å². The number of pyridine rings is 1. The molecule has 0 saturated carbocycles.